The van der Waals surface area contributed by atoms with E-state index >= 15 is 0 Å². The first-order chi connectivity index (χ1) is 7.68. The first kappa shape index (κ1) is 11.4. The number of hydrogen-bond donors (Lipinski definition) is 1. The van der Waals surface area contributed by atoms with Gasteiger partial charge in [-0.2, -0.15) is 0 Å². The smallest absolute Gasteiger partial charge is 0.305 e. The Morgan fingerprint density at radius 1 is 1.38 bits per heavy atom. The van der Waals surface area contributed by atoms with Gasteiger partial charge in [-0.3, -0.25) is 9.59 Å². The number of aliphatic carboxylic acids is 1. The predicted molar refractivity (Wildman–Crippen MR) is 55.9 cm³/mol. The van der Waals surface area contributed by atoms with E-state index in [-0.39, 0.29) is 24.3 Å². The van der Waals surface area contributed by atoms with Crippen LogP contribution in [0, 0.1) is 5.92 Å². The molecule has 0 bridgehead atoms. The maximum atomic E-state index is 12.1. The Morgan fingerprint density at radius 2 is 2.19 bits per heavy atom. The van der Waals surface area contributed by atoms with E-state index in [4.69, 9.17) is 9.84 Å². The summed E-state index contributed by atoms with van der Waals surface area (Å²) in [6.45, 7) is 1.84. The molecule has 2 rings (SSSR count). The molecule has 2 aliphatic rings. The van der Waals surface area contributed by atoms with Gasteiger partial charge in [-0.05, 0) is 19.3 Å². The summed E-state index contributed by atoms with van der Waals surface area (Å²) >= 11 is 0. The van der Waals surface area contributed by atoms with Gasteiger partial charge in [0.05, 0.1) is 18.9 Å². The van der Waals surface area contributed by atoms with E-state index < -0.39 is 5.97 Å². The van der Waals surface area contributed by atoms with Crippen LogP contribution in [0.25, 0.3) is 0 Å². The molecule has 5 heteroatoms. The third kappa shape index (κ3) is 2.35. The van der Waals surface area contributed by atoms with Crippen LogP contribution in [0.4, 0.5) is 0 Å². The summed E-state index contributed by atoms with van der Waals surface area (Å²) in [6.07, 6.45) is 2.57. The van der Waals surface area contributed by atoms with Gasteiger partial charge in [0, 0.05) is 19.2 Å². The molecule has 0 saturated carbocycles. The molecule has 2 aliphatic heterocycles. The molecule has 2 fully saturated rings. The Labute approximate surface area is 94.4 Å². The molecule has 0 aromatic carbocycles. The Balaban J connectivity index is 1.95. The molecule has 0 spiro atoms. The molecular formula is C11H17NO4. The highest BCUT2D eigenvalue weighted by Gasteiger charge is 2.35. The lowest BCUT2D eigenvalue weighted by Gasteiger charge is -2.25. The van der Waals surface area contributed by atoms with Crippen LogP contribution in [0.3, 0.4) is 0 Å². The molecule has 5 nitrogen and oxygen atoms in total. The fourth-order valence-electron chi connectivity index (χ4n) is 2.50. The van der Waals surface area contributed by atoms with Crippen LogP contribution in [-0.4, -0.2) is 47.7 Å². The number of likely N-dealkylation sites (tertiary alicyclic amines) is 1. The van der Waals surface area contributed by atoms with Gasteiger partial charge >= 0.3 is 5.97 Å². The second-order valence-corrected chi connectivity index (χ2v) is 4.49. The molecular weight excluding hydrogens is 210 g/mol. The minimum atomic E-state index is -0.827. The van der Waals surface area contributed by atoms with E-state index in [2.05, 4.69) is 0 Å². The predicted octanol–water partition coefficient (Wildman–Crippen LogP) is 0.489. The lowest BCUT2D eigenvalue weighted by Crippen LogP contribution is -2.40. The van der Waals surface area contributed by atoms with Crippen molar-refractivity contribution in [2.45, 2.75) is 31.7 Å². The number of ether oxygens (including phenoxy) is 1. The van der Waals surface area contributed by atoms with Gasteiger partial charge in [0.1, 0.15) is 0 Å². The number of nitrogens with zero attached hydrogens (tertiary/aromatic N) is 1. The summed E-state index contributed by atoms with van der Waals surface area (Å²) in [6, 6.07) is -0.106. The van der Waals surface area contributed by atoms with Crippen molar-refractivity contribution < 1.29 is 19.4 Å². The summed E-state index contributed by atoms with van der Waals surface area (Å²) in [7, 11) is 0. The summed E-state index contributed by atoms with van der Waals surface area (Å²) < 4.78 is 5.19. The summed E-state index contributed by atoms with van der Waals surface area (Å²) in [4.78, 5) is 24.5. The van der Waals surface area contributed by atoms with Crippen LogP contribution in [-0.2, 0) is 14.3 Å². The molecule has 2 heterocycles. The van der Waals surface area contributed by atoms with Gasteiger partial charge in [-0.15, -0.1) is 0 Å². The van der Waals surface area contributed by atoms with Crippen LogP contribution in [0.5, 0.6) is 0 Å². The molecule has 0 aliphatic carbocycles. The normalized spacial score (nSPS) is 29.6. The van der Waals surface area contributed by atoms with Crippen LogP contribution in [0.15, 0.2) is 0 Å². The molecule has 1 N–H and O–H groups in total. The van der Waals surface area contributed by atoms with E-state index in [1.54, 1.807) is 4.90 Å². The summed E-state index contributed by atoms with van der Waals surface area (Å²) in [5, 5.41) is 8.78. The minimum absolute atomic E-state index is 0.0469. The zero-order valence-electron chi connectivity index (χ0n) is 9.22. The topological polar surface area (TPSA) is 66.8 Å². The standard InChI is InChI=1S/C11H17NO4/c13-10(14)6-9-2-1-4-12(9)11(15)8-3-5-16-7-8/h8-9H,1-7H2,(H,13,14). The number of amides is 1. The number of carbonyl (C=O) groups is 2. The average molecular weight is 227 g/mol. The highest BCUT2D eigenvalue weighted by Crippen LogP contribution is 2.25. The fourth-order valence-corrected chi connectivity index (χ4v) is 2.50. The number of hydrogen-bond acceptors (Lipinski definition) is 3. The van der Waals surface area contributed by atoms with Gasteiger partial charge in [0.25, 0.3) is 0 Å². The van der Waals surface area contributed by atoms with Crippen LogP contribution >= 0.6 is 0 Å². The second-order valence-electron chi connectivity index (χ2n) is 4.49. The van der Waals surface area contributed by atoms with E-state index in [0.717, 1.165) is 19.3 Å². The number of carbonyl (C=O) groups excluding carboxylic acids is 1. The van der Waals surface area contributed by atoms with Crippen LogP contribution in [0.1, 0.15) is 25.7 Å². The van der Waals surface area contributed by atoms with Gasteiger partial charge in [0.2, 0.25) is 5.91 Å². The number of carboxylic acid groups (broad SMARTS) is 1. The Morgan fingerprint density at radius 3 is 2.81 bits per heavy atom. The lowest BCUT2D eigenvalue weighted by atomic mass is 10.1. The first-order valence-electron chi connectivity index (χ1n) is 5.78. The molecule has 2 unspecified atom stereocenters. The van der Waals surface area contributed by atoms with Gasteiger partial charge < -0.3 is 14.7 Å². The zero-order chi connectivity index (χ0) is 11.5. The van der Waals surface area contributed by atoms with Crippen molar-refractivity contribution in [1.29, 1.82) is 0 Å². The Hall–Kier alpha value is -1.10. The van der Waals surface area contributed by atoms with Crippen molar-refractivity contribution >= 4 is 11.9 Å². The largest absolute Gasteiger partial charge is 0.481 e. The third-order valence-corrected chi connectivity index (χ3v) is 3.35. The van der Waals surface area contributed by atoms with Gasteiger partial charge in [-0.1, -0.05) is 0 Å². The highest BCUT2D eigenvalue weighted by molar-refractivity contribution is 5.80. The van der Waals surface area contributed by atoms with Crippen molar-refractivity contribution in [3.05, 3.63) is 0 Å². The molecule has 90 valence electrons. The lowest BCUT2D eigenvalue weighted by molar-refractivity contribution is -0.141. The molecule has 0 aromatic rings. The fraction of sp³-hybridized carbons (Fsp3) is 0.818. The average Bonchev–Trinajstić information content (AvgIpc) is 2.84. The third-order valence-electron chi connectivity index (χ3n) is 3.35. The maximum absolute atomic E-state index is 12.1. The minimum Gasteiger partial charge on any atom is -0.481 e. The molecule has 1 amide bonds. The van der Waals surface area contributed by atoms with Crippen molar-refractivity contribution in [1.82, 2.24) is 4.90 Å². The van der Waals surface area contributed by atoms with E-state index in [1.165, 1.54) is 0 Å². The monoisotopic (exact) mass is 227 g/mol. The van der Waals surface area contributed by atoms with Gasteiger partial charge in [0.15, 0.2) is 0 Å². The van der Waals surface area contributed by atoms with E-state index in [1.807, 2.05) is 0 Å². The highest BCUT2D eigenvalue weighted by atomic mass is 16.5. The molecule has 0 aromatic heterocycles. The van der Waals surface area contributed by atoms with Crippen molar-refractivity contribution in [3.8, 4) is 0 Å². The second kappa shape index (κ2) is 4.82. The molecule has 2 atom stereocenters. The van der Waals surface area contributed by atoms with E-state index in [0.29, 0.717) is 19.8 Å². The van der Waals surface area contributed by atoms with Crippen molar-refractivity contribution in [2.24, 2.45) is 5.92 Å². The van der Waals surface area contributed by atoms with Crippen molar-refractivity contribution in [3.63, 3.8) is 0 Å². The van der Waals surface area contributed by atoms with Gasteiger partial charge in [-0.25, -0.2) is 0 Å². The quantitative estimate of drug-likeness (QED) is 0.762. The Bertz CT molecular complexity index is 286. The van der Waals surface area contributed by atoms with Crippen LogP contribution in [0.2, 0.25) is 0 Å². The van der Waals surface area contributed by atoms with Crippen molar-refractivity contribution in [2.75, 3.05) is 19.8 Å². The summed E-state index contributed by atoms with van der Waals surface area (Å²) in [5.74, 6) is -0.789. The molecule has 2 saturated heterocycles. The first-order valence-corrected chi connectivity index (χ1v) is 5.78. The molecule has 16 heavy (non-hydrogen) atoms. The SMILES string of the molecule is O=C(O)CC1CCCN1C(=O)C1CCOC1. The number of carboxylic acids is 1. The van der Waals surface area contributed by atoms with E-state index in [9.17, 15) is 9.59 Å². The zero-order valence-corrected chi connectivity index (χ0v) is 9.22. The van der Waals surface area contributed by atoms with Crippen LogP contribution < -0.4 is 0 Å². The molecule has 0 radical (unpaired) electrons. The Kier molecular flexibility index (Phi) is 3.43. The number of rotatable bonds is 3. The maximum Gasteiger partial charge on any atom is 0.305 e. The summed E-state index contributed by atoms with van der Waals surface area (Å²) in [5.41, 5.74) is 0.